The first-order chi connectivity index (χ1) is 12.6. The molecular weight excluding hydrogens is 385 g/mol. The second-order valence-corrected chi connectivity index (χ2v) is 8.02. The second-order valence-electron chi connectivity index (χ2n) is 6.09. The number of rotatable bonds is 3. The van der Waals surface area contributed by atoms with Crippen molar-refractivity contribution in [3.05, 3.63) is 51.4 Å². The first kappa shape index (κ1) is 19.4. The second kappa shape index (κ2) is 6.64. The predicted molar refractivity (Wildman–Crippen MR) is 91.8 cm³/mol. The van der Waals surface area contributed by atoms with Gasteiger partial charge < -0.3 is 5.32 Å². The Morgan fingerprint density at radius 1 is 1.19 bits per heavy atom. The van der Waals surface area contributed by atoms with Gasteiger partial charge in [0.25, 0.3) is 5.56 Å². The molecule has 1 aromatic carbocycles. The molecular formula is C16H17F3N4O3S. The van der Waals surface area contributed by atoms with Gasteiger partial charge >= 0.3 is 6.18 Å². The number of alkyl halides is 3. The molecule has 1 aliphatic heterocycles. The summed E-state index contributed by atoms with van der Waals surface area (Å²) in [5.74, 6) is 0.373. The van der Waals surface area contributed by atoms with Crippen molar-refractivity contribution in [3.8, 4) is 0 Å². The summed E-state index contributed by atoms with van der Waals surface area (Å²) in [6.45, 7) is -0.0952. The summed E-state index contributed by atoms with van der Waals surface area (Å²) in [4.78, 5) is 16.6. The van der Waals surface area contributed by atoms with Gasteiger partial charge in [-0.2, -0.15) is 17.5 Å². The summed E-state index contributed by atoms with van der Waals surface area (Å²) in [6.07, 6.45) is -4.31. The van der Waals surface area contributed by atoms with Crippen LogP contribution in [0.25, 0.3) is 0 Å². The molecule has 1 N–H and O–H groups in total. The van der Waals surface area contributed by atoms with Gasteiger partial charge in [-0.3, -0.25) is 9.36 Å². The van der Waals surface area contributed by atoms with Crippen LogP contribution >= 0.6 is 0 Å². The van der Waals surface area contributed by atoms with E-state index in [9.17, 15) is 26.4 Å². The Bertz CT molecular complexity index is 1030. The molecule has 0 saturated carbocycles. The molecule has 0 unspecified atom stereocenters. The van der Waals surface area contributed by atoms with Gasteiger partial charge in [0, 0.05) is 33.6 Å². The van der Waals surface area contributed by atoms with Crippen LogP contribution in [0.4, 0.5) is 19.1 Å². The van der Waals surface area contributed by atoms with Crippen LogP contribution in [0.2, 0.25) is 0 Å². The van der Waals surface area contributed by atoms with Crippen molar-refractivity contribution in [2.45, 2.75) is 24.0 Å². The fourth-order valence-electron chi connectivity index (χ4n) is 2.94. The van der Waals surface area contributed by atoms with Gasteiger partial charge in [-0.05, 0) is 24.3 Å². The highest BCUT2D eigenvalue weighted by molar-refractivity contribution is 7.89. The van der Waals surface area contributed by atoms with E-state index in [0.717, 1.165) is 28.6 Å². The molecule has 0 aliphatic carbocycles. The summed E-state index contributed by atoms with van der Waals surface area (Å²) < 4.78 is 65.9. The van der Waals surface area contributed by atoms with Crippen molar-refractivity contribution in [1.29, 1.82) is 0 Å². The Balaban J connectivity index is 1.94. The van der Waals surface area contributed by atoms with Gasteiger partial charge in [-0.25, -0.2) is 13.4 Å². The third-order valence-corrected chi connectivity index (χ3v) is 6.30. The number of fused-ring (bicyclic) bond motifs is 1. The van der Waals surface area contributed by atoms with Crippen LogP contribution < -0.4 is 10.9 Å². The number of nitrogens with zero attached hydrogens (tertiary/aromatic N) is 3. The number of nitrogens with one attached hydrogen (secondary N) is 1. The molecule has 146 valence electrons. The van der Waals surface area contributed by atoms with E-state index in [2.05, 4.69) is 10.3 Å². The maximum absolute atomic E-state index is 12.8. The Kier molecular flexibility index (Phi) is 4.76. The van der Waals surface area contributed by atoms with Gasteiger partial charge in [0.05, 0.1) is 21.7 Å². The highest BCUT2D eigenvalue weighted by atomic mass is 32.2. The predicted octanol–water partition coefficient (Wildman–Crippen LogP) is 1.59. The third-order valence-electron chi connectivity index (χ3n) is 4.45. The van der Waals surface area contributed by atoms with Crippen LogP contribution in [0.1, 0.15) is 16.8 Å². The molecule has 11 heteroatoms. The fourth-order valence-corrected chi connectivity index (χ4v) is 4.35. The van der Waals surface area contributed by atoms with Crippen LogP contribution in [0.3, 0.4) is 0 Å². The quantitative estimate of drug-likeness (QED) is 0.843. The lowest BCUT2D eigenvalue weighted by molar-refractivity contribution is -0.137. The normalized spacial score (nSPS) is 15.4. The number of benzene rings is 1. The van der Waals surface area contributed by atoms with E-state index in [1.54, 1.807) is 7.05 Å². The standard InChI is InChI=1S/C16H17F3N4O3S/c1-20-15-21-13-7-8-23(9-12(13)14(24)22(15)2)27(25,26)11-5-3-10(4-6-11)16(17,18)19/h3-6H,7-9H2,1-2H3,(H,20,21). The molecule has 1 aliphatic rings. The number of halogens is 3. The molecule has 1 aromatic heterocycles. The maximum Gasteiger partial charge on any atom is 0.416 e. The zero-order chi connectivity index (χ0) is 20.0. The molecule has 0 amide bonds. The van der Waals surface area contributed by atoms with E-state index >= 15 is 0 Å². The summed E-state index contributed by atoms with van der Waals surface area (Å²) in [6, 6.07) is 3.30. The Hall–Kier alpha value is -2.40. The van der Waals surface area contributed by atoms with Crippen molar-refractivity contribution in [2.24, 2.45) is 7.05 Å². The molecule has 0 fully saturated rings. The van der Waals surface area contributed by atoms with E-state index in [1.807, 2.05) is 0 Å². The minimum absolute atomic E-state index is 0.0830. The molecule has 27 heavy (non-hydrogen) atoms. The molecule has 0 spiro atoms. The van der Waals surface area contributed by atoms with Crippen molar-refractivity contribution in [1.82, 2.24) is 13.9 Å². The molecule has 7 nitrogen and oxygen atoms in total. The first-order valence-corrected chi connectivity index (χ1v) is 9.43. The number of aromatic nitrogens is 2. The topological polar surface area (TPSA) is 84.3 Å². The van der Waals surface area contributed by atoms with Gasteiger partial charge in [0.1, 0.15) is 0 Å². The molecule has 3 rings (SSSR count). The van der Waals surface area contributed by atoms with Crippen molar-refractivity contribution in [2.75, 3.05) is 18.9 Å². The van der Waals surface area contributed by atoms with Crippen LogP contribution in [-0.2, 0) is 36.2 Å². The summed E-state index contributed by atoms with van der Waals surface area (Å²) in [5.41, 5.74) is -0.515. The Morgan fingerprint density at radius 2 is 1.81 bits per heavy atom. The molecule has 0 bridgehead atoms. The molecule has 2 heterocycles. The SMILES string of the molecule is CNc1nc2c(c(=O)n1C)CN(S(=O)(=O)c1ccc(C(F)(F)F)cc1)CC2. The lowest BCUT2D eigenvalue weighted by Crippen LogP contribution is -2.41. The zero-order valence-electron chi connectivity index (χ0n) is 14.5. The number of anilines is 1. The van der Waals surface area contributed by atoms with E-state index in [1.165, 1.54) is 11.6 Å². The van der Waals surface area contributed by atoms with Crippen molar-refractivity contribution in [3.63, 3.8) is 0 Å². The zero-order valence-corrected chi connectivity index (χ0v) is 15.4. The first-order valence-electron chi connectivity index (χ1n) is 7.99. The van der Waals surface area contributed by atoms with Gasteiger partial charge in [0.2, 0.25) is 16.0 Å². The number of hydrogen-bond acceptors (Lipinski definition) is 5. The van der Waals surface area contributed by atoms with Gasteiger partial charge in [0.15, 0.2) is 0 Å². The van der Waals surface area contributed by atoms with Crippen LogP contribution in [-0.4, -0.2) is 35.9 Å². The molecule has 0 radical (unpaired) electrons. The van der Waals surface area contributed by atoms with Crippen LogP contribution in [0.5, 0.6) is 0 Å². The van der Waals surface area contributed by atoms with Crippen molar-refractivity contribution >= 4 is 16.0 Å². The molecule has 0 atom stereocenters. The van der Waals surface area contributed by atoms with Crippen molar-refractivity contribution < 1.29 is 21.6 Å². The fraction of sp³-hybridized carbons (Fsp3) is 0.375. The monoisotopic (exact) mass is 402 g/mol. The minimum Gasteiger partial charge on any atom is -0.359 e. The summed E-state index contributed by atoms with van der Waals surface area (Å²) in [5, 5.41) is 2.80. The highest BCUT2D eigenvalue weighted by Gasteiger charge is 2.33. The van der Waals surface area contributed by atoms with E-state index < -0.39 is 21.8 Å². The Labute approximate surface area is 153 Å². The largest absolute Gasteiger partial charge is 0.416 e. The van der Waals surface area contributed by atoms with Gasteiger partial charge in [-0.15, -0.1) is 0 Å². The van der Waals surface area contributed by atoms with E-state index in [-0.39, 0.29) is 35.5 Å². The molecule has 0 saturated heterocycles. The maximum atomic E-state index is 12.8. The summed E-state index contributed by atoms with van der Waals surface area (Å²) >= 11 is 0. The van der Waals surface area contributed by atoms with Crippen LogP contribution in [0, 0.1) is 0 Å². The third kappa shape index (κ3) is 3.44. The number of hydrogen-bond donors (Lipinski definition) is 1. The van der Waals surface area contributed by atoms with E-state index in [4.69, 9.17) is 0 Å². The average Bonchev–Trinajstić information content (AvgIpc) is 2.63. The average molecular weight is 402 g/mol. The van der Waals surface area contributed by atoms with E-state index in [0.29, 0.717) is 11.6 Å². The highest BCUT2D eigenvalue weighted by Crippen LogP contribution is 2.30. The Morgan fingerprint density at radius 3 is 2.37 bits per heavy atom. The van der Waals surface area contributed by atoms with Gasteiger partial charge in [-0.1, -0.05) is 0 Å². The number of sulfonamides is 1. The lowest BCUT2D eigenvalue weighted by atomic mass is 10.1. The minimum atomic E-state index is -4.55. The summed E-state index contributed by atoms with van der Waals surface area (Å²) in [7, 11) is -0.896. The lowest BCUT2D eigenvalue weighted by Gasteiger charge is -2.28. The molecule has 2 aromatic rings. The van der Waals surface area contributed by atoms with Crippen LogP contribution in [0.15, 0.2) is 34.0 Å². The smallest absolute Gasteiger partial charge is 0.359 e.